The molecule has 152 valence electrons. The molecule has 2 heterocycles. The Morgan fingerprint density at radius 2 is 1.76 bits per heavy atom. The Labute approximate surface area is 175 Å². The molecule has 0 atom stereocenters. The number of hydrogen-bond acceptors (Lipinski definition) is 4. The lowest BCUT2D eigenvalue weighted by atomic mass is 9.96. The van der Waals surface area contributed by atoms with Crippen LogP contribution >= 0.6 is 12.2 Å². The first-order valence-corrected chi connectivity index (χ1v) is 9.90. The van der Waals surface area contributed by atoms with Crippen molar-refractivity contribution in [3.05, 3.63) is 47.8 Å². The number of carbonyl (C=O) groups is 1. The summed E-state index contributed by atoms with van der Waals surface area (Å²) in [5, 5.41) is 6.63. The maximum absolute atomic E-state index is 11.5. The molecule has 1 aliphatic rings. The lowest BCUT2D eigenvalue weighted by Crippen LogP contribution is -2.45. The number of guanidine groups is 1. The van der Waals surface area contributed by atoms with Crippen LogP contribution in [0.25, 0.3) is 0 Å². The molecule has 1 aliphatic heterocycles. The van der Waals surface area contributed by atoms with Crippen LogP contribution in [-0.4, -0.2) is 44.9 Å². The molecule has 1 saturated heterocycles. The van der Waals surface area contributed by atoms with E-state index in [9.17, 15) is 4.79 Å². The van der Waals surface area contributed by atoms with Crippen LogP contribution in [0.1, 0.15) is 24.2 Å². The number of benzene rings is 1. The van der Waals surface area contributed by atoms with Crippen LogP contribution < -0.4 is 16.4 Å². The van der Waals surface area contributed by atoms with E-state index in [-0.39, 0.29) is 11.8 Å². The summed E-state index contributed by atoms with van der Waals surface area (Å²) >= 11 is 5.43. The molecule has 4 N–H and O–H groups in total. The number of amides is 1. The monoisotopic (exact) mass is 411 g/mol. The predicted molar refractivity (Wildman–Crippen MR) is 119 cm³/mol. The fourth-order valence-corrected chi connectivity index (χ4v) is 3.41. The van der Waals surface area contributed by atoms with Gasteiger partial charge in [0.2, 0.25) is 22.9 Å². The number of primary amides is 1. The number of para-hydroxylation sites is 1. The van der Waals surface area contributed by atoms with E-state index >= 15 is 0 Å². The topological polar surface area (TPSA) is 109 Å². The number of hydrogen-bond donors (Lipinski definition) is 3. The summed E-state index contributed by atoms with van der Waals surface area (Å²) in [6.45, 7) is 5.10. The van der Waals surface area contributed by atoms with Crippen LogP contribution in [0.3, 0.4) is 0 Å². The summed E-state index contributed by atoms with van der Waals surface area (Å²) in [7, 11) is 0. The highest BCUT2D eigenvalue weighted by Gasteiger charge is 2.25. The molecule has 9 heteroatoms. The molecule has 0 radical (unpaired) electrons. The van der Waals surface area contributed by atoms with E-state index in [4.69, 9.17) is 18.0 Å². The zero-order chi connectivity index (χ0) is 20.8. The van der Waals surface area contributed by atoms with Gasteiger partial charge < -0.3 is 16.0 Å². The normalized spacial score (nSPS) is 15.1. The van der Waals surface area contributed by atoms with Crippen LogP contribution in [0.15, 0.2) is 41.4 Å². The molecule has 1 aromatic heterocycles. The smallest absolute Gasteiger partial charge is 0.229 e. The van der Waals surface area contributed by atoms with Gasteiger partial charge >= 0.3 is 0 Å². The summed E-state index contributed by atoms with van der Waals surface area (Å²) in [4.78, 5) is 27.0. The van der Waals surface area contributed by atoms with E-state index < -0.39 is 0 Å². The highest BCUT2D eigenvalue weighted by Crippen LogP contribution is 2.18. The molecule has 1 fully saturated rings. The van der Waals surface area contributed by atoms with Crippen LogP contribution in [0, 0.1) is 19.8 Å². The van der Waals surface area contributed by atoms with Gasteiger partial charge in [-0.2, -0.15) is 4.99 Å². The summed E-state index contributed by atoms with van der Waals surface area (Å²) in [5.74, 6) is 0.640. The third-order valence-corrected chi connectivity index (χ3v) is 4.83. The van der Waals surface area contributed by atoms with Gasteiger partial charge in [-0.15, -0.1) is 0 Å². The molecule has 0 saturated carbocycles. The Morgan fingerprint density at radius 3 is 2.34 bits per heavy atom. The van der Waals surface area contributed by atoms with Gasteiger partial charge in [0.1, 0.15) is 0 Å². The average Bonchev–Trinajstić information content (AvgIpc) is 2.67. The van der Waals surface area contributed by atoms with Crippen molar-refractivity contribution in [3.63, 3.8) is 0 Å². The SMILES string of the molecule is Cc1cc(C)nc(N/C(=N/C(=S)Nc2ccccc2)N2CCC(C(N)=O)CC2)n1. The Morgan fingerprint density at radius 1 is 1.14 bits per heavy atom. The molecule has 0 aliphatic carbocycles. The van der Waals surface area contributed by atoms with Gasteiger partial charge in [0, 0.05) is 36.1 Å². The number of anilines is 2. The second kappa shape index (κ2) is 9.42. The minimum atomic E-state index is -0.255. The third kappa shape index (κ3) is 5.95. The molecule has 0 unspecified atom stereocenters. The first-order chi connectivity index (χ1) is 13.9. The lowest BCUT2D eigenvalue weighted by Gasteiger charge is -2.32. The number of piperidine rings is 1. The molecule has 0 bridgehead atoms. The molecular formula is C20H25N7OS. The quantitative estimate of drug-likeness (QED) is 0.404. The number of aryl methyl sites for hydroxylation is 2. The standard InChI is InChI=1S/C20H25N7OS/c1-13-12-14(2)23-18(22-13)25-19(27-10-8-15(9-11-27)17(21)28)26-20(29)24-16-6-4-3-5-7-16/h3-7,12,15H,8-11H2,1-2H3,(H2,21,28)(H2,22,23,24,25,26,29). The minimum absolute atomic E-state index is 0.112. The van der Waals surface area contributed by atoms with Crippen molar-refractivity contribution >= 4 is 40.8 Å². The fourth-order valence-electron chi connectivity index (χ4n) is 3.20. The molecule has 3 rings (SSSR count). The van der Waals surface area contributed by atoms with E-state index in [0.29, 0.717) is 43.0 Å². The summed E-state index contributed by atoms with van der Waals surface area (Å²) < 4.78 is 0. The number of aromatic nitrogens is 2. The lowest BCUT2D eigenvalue weighted by molar-refractivity contribution is -0.122. The van der Waals surface area contributed by atoms with Crippen LogP contribution in [0.5, 0.6) is 0 Å². The van der Waals surface area contributed by atoms with Gasteiger partial charge in [0.25, 0.3) is 0 Å². The van der Waals surface area contributed by atoms with Gasteiger partial charge in [0.15, 0.2) is 0 Å². The summed E-state index contributed by atoms with van der Waals surface area (Å²) in [5.41, 5.74) is 8.03. The van der Waals surface area contributed by atoms with Crippen LogP contribution in [0.4, 0.5) is 11.6 Å². The average molecular weight is 412 g/mol. The maximum Gasteiger partial charge on any atom is 0.229 e. The van der Waals surface area contributed by atoms with Crippen molar-refractivity contribution in [2.75, 3.05) is 23.7 Å². The summed E-state index contributed by atoms with van der Waals surface area (Å²) in [6.07, 6.45) is 1.34. The van der Waals surface area contributed by atoms with Gasteiger partial charge in [0.05, 0.1) is 0 Å². The van der Waals surface area contributed by atoms with Gasteiger partial charge in [-0.25, -0.2) is 9.97 Å². The second-order valence-electron chi connectivity index (χ2n) is 6.99. The van der Waals surface area contributed by atoms with Gasteiger partial charge in [-0.3, -0.25) is 10.1 Å². The van der Waals surface area contributed by atoms with E-state index in [1.54, 1.807) is 0 Å². The largest absolute Gasteiger partial charge is 0.369 e. The number of carbonyl (C=O) groups excluding carboxylic acids is 1. The highest BCUT2D eigenvalue weighted by atomic mass is 32.1. The number of likely N-dealkylation sites (tertiary alicyclic amines) is 1. The first-order valence-electron chi connectivity index (χ1n) is 9.49. The first kappa shape index (κ1) is 20.7. The van der Waals surface area contributed by atoms with E-state index in [2.05, 4.69) is 25.6 Å². The van der Waals surface area contributed by atoms with Gasteiger partial charge in [-0.05, 0) is 57.1 Å². The highest BCUT2D eigenvalue weighted by molar-refractivity contribution is 7.80. The maximum atomic E-state index is 11.5. The predicted octanol–water partition coefficient (Wildman–Crippen LogP) is 2.46. The number of nitrogens with zero attached hydrogens (tertiary/aromatic N) is 4. The number of thiocarbonyl (C=S) groups is 1. The van der Waals surface area contributed by atoms with Gasteiger partial charge in [-0.1, -0.05) is 18.2 Å². The van der Waals surface area contributed by atoms with Crippen molar-refractivity contribution in [1.82, 2.24) is 14.9 Å². The van der Waals surface area contributed by atoms with E-state index in [1.165, 1.54) is 0 Å². The van der Waals surface area contributed by atoms with Crippen molar-refractivity contribution < 1.29 is 4.79 Å². The molecule has 1 aromatic carbocycles. The van der Waals surface area contributed by atoms with E-state index in [0.717, 1.165) is 17.1 Å². The third-order valence-electron chi connectivity index (χ3n) is 4.64. The number of rotatable bonds is 3. The van der Waals surface area contributed by atoms with Crippen molar-refractivity contribution in [1.29, 1.82) is 0 Å². The number of nitrogens with one attached hydrogen (secondary N) is 2. The van der Waals surface area contributed by atoms with E-state index in [1.807, 2.05) is 55.1 Å². The van der Waals surface area contributed by atoms with Crippen molar-refractivity contribution in [3.8, 4) is 0 Å². The molecule has 1 amide bonds. The molecule has 2 aromatic rings. The minimum Gasteiger partial charge on any atom is -0.369 e. The summed E-state index contributed by atoms with van der Waals surface area (Å²) in [6, 6.07) is 11.5. The molecular weight excluding hydrogens is 386 g/mol. The number of aliphatic imine (C=N–C) groups is 1. The Bertz CT molecular complexity index is 888. The zero-order valence-electron chi connectivity index (χ0n) is 16.6. The van der Waals surface area contributed by atoms with Crippen LogP contribution in [-0.2, 0) is 4.79 Å². The van der Waals surface area contributed by atoms with Crippen molar-refractivity contribution in [2.24, 2.45) is 16.6 Å². The molecule has 29 heavy (non-hydrogen) atoms. The Balaban J connectivity index is 1.80. The van der Waals surface area contributed by atoms with Crippen molar-refractivity contribution in [2.45, 2.75) is 26.7 Å². The number of nitrogens with two attached hydrogens (primary N) is 1. The Hall–Kier alpha value is -3.07. The molecule has 8 nitrogen and oxygen atoms in total. The second-order valence-corrected chi connectivity index (χ2v) is 7.38. The fraction of sp³-hybridized carbons (Fsp3) is 0.350. The Kier molecular flexibility index (Phi) is 6.71. The zero-order valence-corrected chi connectivity index (χ0v) is 17.4. The molecule has 0 spiro atoms. The van der Waals surface area contributed by atoms with Crippen LogP contribution in [0.2, 0.25) is 0 Å².